The first-order valence-electron chi connectivity index (χ1n) is 7.06. The zero-order chi connectivity index (χ0) is 15.8. The molecule has 3 amide bonds. The maximum atomic E-state index is 12.8. The highest BCUT2D eigenvalue weighted by Gasteiger charge is 2.14. The molecule has 0 aliphatic heterocycles. The molecule has 3 N–H and O–H groups in total. The normalized spacial score (nSPS) is 13.3. The molecule has 0 fully saturated rings. The Morgan fingerprint density at radius 2 is 1.90 bits per heavy atom. The summed E-state index contributed by atoms with van der Waals surface area (Å²) in [6, 6.07) is 5.72. The number of urea groups is 1. The predicted molar refractivity (Wildman–Crippen MR) is 78.3 cm³/mol. The van der Waals surface area contributed by atoms with Gasteiger partial charge in [0.05, 0.1) is 7.05 Å². The number of imide groups is 1. The Bertz CT molecular complexity index is 476. The van der Waals surface area contributed by atoms with Gasteiger partial charge in [0, 0.05) is 11.6 Å². The second-order valence-corrected chi connectivity index (χ2v) is 5.27. The van der Waals surface area contributed by atoms with Crippen LogP contribution in [0.2, 0.25) is 0 Å². The molecule has 116 valence electrons. The molecule has 0 aliphatic carbocycles. The van der Waals surface area contributed by atoms with Crippen molar-refractivity contribution in [3.63, 3.8) is 0 Å². The van der Waals surface area contributed by atoms with Crippen molar-refractivity contribution in [2.24, 2.45) is 0 Å². The van der Waals surface area contributed by atoms with E-state index in [4.69, 9.17) is 0 Å². The minimum absolute atomic E-state index is 0.0297. The van der Waals surface area contributed by atoms with E-state index in [0.717, 1.165) is 16.9 Å². The number of carbonyl (C=O) groups is 2. The molecule has 0 radical (unpaired) electrons. The monoisotopic (exact) mass is 296 g/mol. The van der Waals surface area contributed by atoms with Crippen molar-refractivity contribution in [3.8, 4) is 0 Å². The van der Waals surface area contributed by atoms with Crippen LogP contribution in [-0.2, 0) is 11.3 Å². The molecule has 1 rings (SSSR count). The standard InChI is InChI=1S/C15H22FN3O2/c1-4-11(2)17-15(21)18-14(20)10-19(3)9-12-5-7-13(16)8-6-12/h5-8,11H,4,9-10H2,1-3H3,(H2,17,18,20,21)/p+1/t11-/m0/s1. The number of likely N-dealkylation sites (N-methyl/N-ethyl adjacent to an activating group) is 1. The van der Waals surface area contributed by atoms with Gasteiger partial charge in [0.15, 0.2) is 6.54 Å². The molecular formula is C15H23FN3O2+. The van der Waals surface area contributed by atoms with E-state index in [1.807, 2.05) is 20.9 Å². The molecular weight excluding hydrogens is 273 g/mol. The molecule has 0 aromatic heterocycles. The Balaban J connectivity index is 2.36. The number of halogens is 1. The van der Waals surface area contributed by atoms with Gasteiger partial charge in [0.25, 0.3) is 5.91 Å². The van der Waals surface area contributed by atoms with Gasteiger partial charge in [-0.25, -0.2) is 9.18 Å². The van der Waals surface area contributed by atoms with E-state index in [0.29, 0.717) is 6.54 Å². The Hall–Kier alpha value is -1.95. The van der Waals surface area contributed by atoms with Crippen LogP contribution in [0.4, 0.5) is 9.18 Å². The fourth-order valence-corrected chi connectivity index (χ4v) is 1.82. The lowest BCUT2D eigenvalue weighted by Crippen LogP contribution is -3.09. The van der Waals surface area contributed by atoms with Gasteiger partial charge in [-0.1, -0.05) is 19.1 Å². The summed E-state index contributed by atoms with van der Waals surface area (Å²) in [6.07, 6.45) is 0.803. The maximum Gasteiger partial charge on any atom is 0.321 e. The third kappa shape index (κ3) is 6.85. The van der Waals surface area contributed by atoms with Gasteiger partial charge in [-0.2, -0.15) is 0 Å². The zero-order valence-electron chi connectivity index (χ0n) is 12.7. The number of rotatable bonds is 6. The average Bonchev–Trinajstić information content (AvgIpc) is 2.40. The third-order valence-corrected chi connectivity index (χ3v) is 3.12. The van der Waals surface area contributed by atoms with Gasteiger partial charge < -0.3 is 10.2 Å². The summed E-state index contributed by atoms with van der Waals surface area (Å²) < 4.78 is 12.8. The Morgan fingerprint density at radius 1 is 1.29 bits per heavy atom. The summed E-state index contributed by atoms with van der Waals surface area (Å²) >= 11 is 0. The highest BCUT2D eigenvalue weighted by atomic mass is 19.1. The molecule has 0 spiro atoms. The van der Waals surface area contributed by atoms with Crippen LogP contribution in [0.25, 0.3) is 0 Å². The zero-order valence-corrected chi connectivity index (χ0v) is 12.7. The van der Waals surface area contributed by atoms with Crippen molar-refractivity contribution in [2.45, 2.75) is 32.9 Å². The van der Waals surface area contributed by atoms with Gasteiger partial charge in [-0.05, 0) is 25.5 Å². The summed E-state index contributed by atoms with van der Waals surface area (Å²) in [4.78, 5) is 24.1. The summed E-state index contributed by atoms with van der Waals surface area (Å²) in [7, 11) is 1.84. The average molecular weight is 296 g/mol. The van der Waals surface area contributed by atoms with Crippen molar-refractivity contribution < 1.29 is 18.9 Å². The maximum absolute atomic E-state index is 12.8. The van der Waals surface area contributed by atoms with E-state index < -0.39 is 6.03 Å². The van der Waals surface area contributed by atoms with Gasteiger partial charge >= 0.3 is 6.03 Å². The van der Waals surface area contributed by atoms with Crippen molar-refractivity contribution >= 4 is 11.9 Å². The summed E-state index contributed by atoms with van der Waals surface area (Å²) in [5.41, 5.74) is 0.936. The van der Waals surface area contributed by atoms with Crippen LogP contribution >= 0.6 is 0 Å². The van der Waals surface area contributed by atoms with E-state index in [1.54, 1.807) is 12.1 Å². The molecule has 1 unspecified atom stereocenters. The smallest absolute Gasteiger partial charge is 0.321 e. The minimum atomic E-state index is -0.469. The van der Waals surface area contributed by atoms with Crippen LogP contribution in [0.5, 0.6) is 0 Å². The van der Waals surface area contributed by atoms with E-state index >= 15 is 0 Å². The molecule has 1 aromatic carbocycles. The number of carbonyl (C=O) groups excluding carboxylic acids is 2. The second-order valence-electron chi connectivity index (χ2n) is 5.27. The van der Waals surface area contributed by atoms with Crippen molar-refractivity contribution in [3.05, 3.63) is 35.6 Å². The minimum Gasteiger partial charge on any atom is -0.335 e. The number of quaternary nitrogens is 1. The van der Waals surface area contributed by atoms with Crippen LogP contribution in [0.1, 0.15) is 25.8 Å². The lowest BCUT2D eigenvalue weighted by Gasteiger charge is -2.15. The number of hydrogen-bond donors (Lipinski definition) is 3. The van der Waals surface area contributed by atoms with Crippen molar-refractivity contribution in [1.29, 1.82) is 0 Å². The second kappa shape index (κ2) is 8.36. The molecule has 2 atom stereocenters. The third-order valence-electron chi connectivity index (χ3n) is 3.12. The van der Waals surface area contributed by atoms with Gasteiger partial charge in [-0.3, -0.25) is 10.1 Å². The predicted octanol–water partition coefficient (Wildman–Crippen LogP) is 0.465. The quantitative estimate of drug-likeness (QED) is 0.714. The molecule has 0 heterocycles. The Morgan fingerprint density at radius 3 is 2.48 bits per heavy atom. The first kappa shape index (κ1) is 17.1. The number of amides is 3. The van der Waals surface area contributed by atoms with Gasteiger partial charge in [0.2, 0.25) is 0 Å². The Labute approximate surface area is 124 Å². The van der Waals surface area contributed by atoms with E-state index in [-0.39, 0.29) is 24.3 Å². The molecule has 0 saturated heterocycles. The molecule has 0 bridgehead atoms. The topological polar surface area (TPSA) is 62.6 Å². The molecule has 0 saturated carbocycles. The molecule has 1 aromatic rings. The van der Waals surface area contributed by atoms with Crippen LogP contribution in [-0.4, -0.2) is 31.6 Å². The van der Waals surface area contributed by atoms with Gasteiger partial charge in [0.1, 0.15) is 12.4 Å². The number of benzene rings is 1. The van der Waals surface area contributed by atoms with Crippen LogP contribution < -0.4 is 15.5 Å². The molecule has 5 nitrogen and oxygen atoms in total. The number of hydrogen-bond acceptors (Lipinski definition) is 2. The number of nitrogens with one attached hydrogen (secondary N) is 3. The lowest BCUT2D eigenvalue weighted by molar-refractivity contribution is -0.885. The van der Waals surface area contributed by atoms with E-state index in [1.165, 1.54) is 12.1 Å². The van der Waals surface area contributed by atoms with Crippen LogP contribution in [0.3, 0.4) is 0 Å². The van der Waals surface area contributed by atoms with Crippen LogP contribution in [0, 0.1) is 5.82 Å². The summed E-state index contributed by atoms with van der Waals surface area (Å²) in [5.74, 6) is -0.619. The molecule has 6 heteroatoms. The fraction of sp³-hybridized carbons (Fsp3) is 0.467. The van der Waals surface area contributed by atoms with Crippen molar-refractivity contribution in [1.82, 2.24) is 10.6 Å². The van der Waals surface area contributed by atoms with Gasteiger partial charge in [-0.15, -0.1) is 0 Å². The largest absolute Gasteiger partial charge is 0.335 e. The molecule has 21 heavy (non-hydrogen) atoms. The summed E-state index contributed by atoms with van der Waals surface area (Å²) in [6.45, 7) is 4.58. The first-order valence-corrected chi connectivity index (χ1v) is 7.06. The van der Waals surface area contributed by atoms with E-state index in [2.05, 4.69) is 10.6 Å². The highest BCUT2D eigenvalue weighted by molar-refractivity contribution is 5.94. The fourth-order valence-electron chi connectivity index (χ4n) is 1.82. The van der Waals surface area contributed by atoms with Crippen LogP contribution in [0.15, 0.2) is 24.3 Å². The molecule has 0 aliphatic rings. The lowest BCUT2D eigenvalue weighted by atomic mass is 10.2. The Kier molecular flexibility index (Phi) is 6.81. The van der Waals surface area contributed by atoms with Crippen molar-refractivity contribution in [2.75, 3.05) is 13.6 Å². The summed E-state index contributed by atoms with van der Waals surface area (Å²) in [5, 5.41) is 4.97. The SMILES string of the molecule is CC[C@H](C)NC(=O)NC(=O)C[NH+](C)Cc1ccc(F)cc1. The van der Waals surface area contributed by atoms with E-state index in [9.17, 15) is 14.0 Å². The highest BCUT2D eigenvalue weighted by Crippen LogP contribution is 2.00. The first-order chi connectivity index (χ1) is 9.90.